The van der Waals surface area contributed by atoms with Gasteiger partial charge in [0.15, 0.2) is 0 Å². The van der Waals surface area contributed by atoms with Gasteiger partial charge in [-0.15, -0.1) is 0 Å². The first-order valence-corrected chi connectivity index (χ1v) is 5.78. The normalized spacial score (nSPS) is 18.1. The molecular weight excluding hydrogens is 245 g/mol. The van der Waals surface area contributed by atoms with Gasteiger partial charge in [0.1, 0.15) is 0 Å². The molecule has 0 aliphatic carbocycles. The molecule has 0 saturated carbocycles. The van der Waals surface area contributed by atoms with Crippen LogP contribution in [0.2, 0.25) is 0 Å². The number of hydrogen-bond acceptors (Lipinski definition) is 3. The van der Waals surface area contributed by atoms with Gasteiger partial charge < -0.3 is 9.74 Å². The highest BCUT2D eigenvalue weighted by molar-refractivity contribution is 5.49. The van der Waals surface area contributed by atoms with E-state index >= 15 is 0 Å². The number of piperidine rings is 1. The zero-order valence-electron chi connectivity index (χ0n) is 9.78. The topological polar surface area (TPSA) is 38.5 Å². The highest BCUT2D eigenvalue weighted by Gasteiger charge is 2.31. The number of benzene rings is 1. The molecule has 0 bridgehead atoms. The quantitative estimate of drug-likeness (QED) is 0.830. The molecule has 1 heterocycles. The second kappa shape index (κ2) is 5.16. The van der Waals surface area contributed by atoms with Gasteiger partial charge in [0, 0.05) is 18.8 Å². The summed E-state index contributed by atoms with van der Waals surface area (Å²) in [7, 11) is 0. The summed E-state index contributed by atoms with van der Waals surface area (Å²) in [4.78, 5) is 6.67. The summed E-state index contributed by atoms with van der Waals surface area (Å²) >= 11 is 0. The Bertz CT molecular complexity index is 401. The summed E-state index contributed by atoms with van der Waals surface area (Å²) in [5, 5.41) is 0. The molecule has 1 aromatic rings. The van der Waals surface area contributed by atoms with Gasteiger partial charge >= 0.3 is 6.18 Å². The summed E-state index contributed by atoms with van der Waals surface area (Å²) in [5.74, 6) is 5.10. The Hall–Kier alpha value is -1.27. The van der Waals surface area contributed by atoms with Gasteiger partial charge in [0.05, 0.1) is 11.7 Å². The van der Waals surface area contributed by atoms with Gasteiger partial charge in [-0.05, 0) is 31.0 Å². The predicted octanol–water partition coefficient (Wildman–Crippen LogP) is 2.56. The molecule has 0 amide bonds. The van der Waals surface area contributed by atoms with Crippen LogP contribution >= 0.6 is 0 Å². The van der Waals surface area contributed by atoms with Crippen LogP contribution in [0.3, 0.4) is 0 Å². The average molecular weight is 260 g/mol. The van der Waals surface area contributed by atoms with Crippen molar-refractivity contribution in [2.24, 2.45) is 5.90 Å². The number of halogens is 3. The first kappa shape index (κ1) is 13.2. The molecule has 0 spiro atoms. The number of nitrogens with zero attached hydrogens (tertiary/aromatic N) is 1. The average Bonchev–Trinajstić information content (AvgIpc) is 2.38. The molecule has 6 heteroatoms. The summed E-state index contributed by atoms with van der Waals surface area (Å²) in [6, 6.07) is 5.39. The van der Waals surface area contributed by atoms with Crippen molar-refractivity contribution < 1.29 is 18.0 Å². The molecule has 0 atom stereocenters. The van der Waals surface area contributed by atoms with Crippen molar-refractivity contribution in [1.29, 1.82) is 0 Å². The van der Waals surface area contributed by atoms with E-state index in [1.807, 2.05) is 4.90 Å². The number of rotatable bonds is 2. The Morgan fingerprint density at radius 2 is 1.89 bits per heavy atom. The van der Waals surface area contributed by atoms with Gasteiger partial charge in [-0.25, -0.2) is 5.90 Å². The largest absolute Gasteiger partial charge is 0.416 e. The minimum absolute atomic E-state index is 0.00653. The number of nitrogens with two attached hydrogens (primary N) is 1. The van der Waals surface area contributed by atoms with Crippen molar-refractivity contribution in [3.05, 3.63) is 29.8 Å². The molecule has 18 heavy (non-hydrogen) atoms. The molecule has 100 valence electrons. The van der Waals surface area contributed by atoms with Crippen molar-refractivity contribution in [2.45, 2.75) is 25.1 Å². The van der Waals surface area contributed by atoms with Gasteiger partial charge in [0.2, 0.25) is 0 Å². The SMILES string of the molecule is NOC1CCN(c2cccc(C(F)(F)F)c2)CC1. The minimum Gasteiger partial charge on any atom is -0.371 e. The van der Waals surface area contributed by atoms with Crippen LogP contribution in [-0.4, -0.2) is 19.2 Å². The molecule has 1 fully saturated rings. The summed E-state index contributed by atoms with van der Waals surface area (Å²) in [5.41, 5.74) is -0.0162. The Morgan fingerprint density at radius 1 is 1.22 bits per heavy atom. The van der Waals surface area contributed by atoms with E-state index in [9.17, 15) is 13.2 Å². The lowest BCUT2D eigenvalue weighted by atomic mass is 10.1. The van der Waals surface area contributed by atoms with Gasteiger partial charge in [0.25, 0.3) is 0 Å². The second-order valence-corrected chi connectivity index (χ2v) is 4.37. The van der Waals surface area contributed by atoms with E-state index in [0.29, 0.717) is 18.8 Å². The highest BCUT2D eigenvalue weighted by atomic mass is 19.4. The first-order valence-electron chi connectivity index (χ1n) is 5.78. The van der Waals surface area contributed by atoms with Crippen LogP contribution in [0.25, 0.3) is 0 Å². The lowest BCUT2D eigenvalue weighted by Crippen LogP contribution is -2.38. The van der Waals surface area contributed by atoms with E-state index in [1.165, 1.54) is 12.1 Å². The zero-order chi connectivity index (χ0) is 13.2. The molecule has 0 unspecified atom stereocenters. The fourth-order valence-corrected chi connectivity index (χ4v) is 2.13. The monoisotopic (exact) mass is 260 g/mol. The van der Waals surface area contributed by atoms with Crippen molar-refractivity contribution in [1.82, 2.24) is 0 Å². The summed E-state index contributed by atoms with van der Waals surface area (Å²) in [6.45, 7) is 1.31. The highest BCUT2D eigenvalue weighted by Crippen LogP contribution is 2.32. The van der Waals surface area contributed by atoms with Crippen molar-refractivity contribution in [2.75, 3.05) is 18.0 Å². The van der Waals surface area contributed by atoms with E-state index in [1.54, 1.807) is 6.07 Å². The predicted molar refractivity (Wildman–Crippen MR) is 62.0 cm³/mol. The van der Waals surface area contributed by atoms with Crippen molar-refractivity contribution in [3.63, 3.8) is 0 Å². The van der Waals surface area contributed by atoms with Crippen LogP contribution in [0.15, 0.2) is 24.3 Å². The molecule has 1 saturated heterocycles. The number of alkyl halides is 3. The summed E-state index contributed by atoms with van der Waals surface area (Å²) < 4.78 is 37.8. The first-order chi connectivity index (χ1) is 8.50. The van der Waals surface area contributed by atoms with E-state index in [0.717, 1.165) is 18.9 Å². The molecule has 2 rings (SSSR count). The Balaban J connectivity index is 2.10. The smallest absolute Gasteiger partial charge is 0.371 e. The lowest BCUT2D eigenvalue weighted by molar-refractivity contribution is -0.137. The Kier molecular flexibility index (Phi) is 3.77. The Morgan fingerprint density at radius 3 is 2.44 bits per heavy atom. The molecule has 0 aromatic heterocycles. The third-order valence-electron chi connectivity index (χ3n) is 3.17. The zero-order valence-corrected chi connectivity index (χ0v) is 9.78. The van der Waals surface area contributed by atoms with E-state index in [2.05, 4.69) is 0 Å². The minimum atomic E-state index is -4.30. The molecule has 3 nitrogen and oxygen atoms in total. The molecule has 0 radical (unpaired) electrons. The van der Waals surface area contributed by atoms with Crippen LogP contribution in [-0.2, 0) is 11.0 Å². The van der Waals surface area contributed by atoms with Crippen molar-refractivity contribution >= 4 is 5.69 Å². The van der Waals surface area contributed by atoms with Crippen LogP contribution in [0.5, 0.6) is 0 Å². The maximum Gasteiger partial charge on any atom is 0.416 e. The van der Waals surface area contributed by atoms with Crippen molar-refractivity contribution in [3.8, 4) is 0 Å². The Labute approximate surface area is 103 Å². The van der Waals surface area contributed by atoms with Crippen LogP contribution in [0.1, 0.15) is 18.4 Å². The summed E-state index contributed by atoms with van der Waals surface area (Å²) in [6.07, 6.45) is -2.83. The van der Waals surface area contributed by atoms with E-state index in [-0.39, 0.29) is 6.10 Å². The lowest BCUT2D eigenvalue weighted by Gasteiger charge is -2.32. The molecule has 1 aliphatic rings. The van der Waals surface area contributed by atoms with Gasteiger partial charge in [-0.2, -0.15) is 13.2 Å². The maximum absolute atomic E-state index is 12.6. The fourth-order valence-electron chi connectivity index (χ4n) is 2.13. The van der Waals surface area contributed by atoms with Gasteiger partial charge in [-0.3, -0.25) is 0 Å². The number of hydrogen-bond donors (Lipinski definition) is 1. The maximum atomic E-state index is 12.6. The van der Waals surface area contributed by atoms with Gasteiger partial charge in [-0.1, -0.05) is 6.07 Å². The second-order valence-electron chi connectivity index (χ2n) is 4.37. The standard InChI is InChI=1S/C12H15F3N2O/c13-12(14,15)9-2-1-3-10(8-9)17-6-4-11(18-16)5-7-17/h1-3,8,11H,4-7,16H2. The van der Waals surface area contributed by atoms with Crippen LogP contribution < -0.4 is 10.8 Å². The molecule has 1 aromatic carbocycles. The van der Waals surface area contributed by atoms with Crippen LogP contribution in [0.4, 0.5) is 18.9 Å². The third kappa shape index (κ3) is 2.94. The van der Waals surface area contributed by atoms with E-state index < -0.39 is 11.7 Å². The molecular formula is C12H15F3N2O. The third-order valence-corrected chi connectivity index (χ3v) is 3.17. The number of anilines is 1. The fraction of sp³-hybridized carbons (Fsp3) is 0.500. The van der Waals surface area contributed by atoms with E-state index in [4.69, 9.17) is 10.7 Å². The molecule has 1 aliphatic heterocycles. The molecule has 2 N–H and O–H groups in total. The van der Waals surface area contributed by atoms with Crippen LogP contribution in [0, 0.1) is 0 Å².